The van der Waals surface area contributed by atoms with Gasteiger partial charge in [-0.05, 0) is 44.9 Å². The van der Waals surface area contributed by atoms with Crippen LogP contribution in [0.2, 0.25) is 10.0 Å². The summed E-state index contributed by atoms with van der Waals surface area (Å²) in [7, 11) is -2.91. The molecular formula is C13H17Cl2NO4S. The highest BCUT2D eigenvalue weighted by Gasteiger charge is 2.41. The van der Waals surface area contributed by atoms with Crippen LogP contribution in [0.1, 0.15) is 25.0 Å². The van der Waals surface area contributed by atoms with Crippen LogP contribution in [-0.2, 0) is 14.8 Å². The summed E-state index contributed by atoms with van der Waals surface area (Å²) in [5.74, 6) is -1.26. The molecule has 0 atom stereocenters. The Morgan fingerprint density at radius 3 is 2.19 bits per heavy atom. The lowest BCUT2D eigenvalue weighted by atomic mass is 10.1. The topological polar surface area (TPSA) is 74.7 Å². The van der Waals surface area contributed by atoms with Crippen molar-refractivity contribution in [1.29, 1.82) is 0 Å². The van der Waals surface area contributed by atoms with Crippen molar-refractivity contribution in [2.45, 2.75) is 38.1 Å². The third-order valence-corrected chi connectivity index (χ3v) is 6.71. The second-order valence-electron chi connectivity index (χ2n) is 5.28. The zero-order chi connectivity index (χ0) is 16.7. The predicted octanol–water partition coefficient (Wildman–Crippen LogP) is 3.09. The standard InChI is InChI=1S/C13H17Cl2NO4S/c1-7-6-9(14)8(2)11(10(7)15)21(19,20)16(5)13(3,4)12(17)18/h6H,1-5H3,(H,17,18). The van der Waals surface area contributed by atoms with E-state index >= 15 is 0 Å². The average Bonchev–Trinajstić information content (AvgIpc) is 2.35. The average molecular weight is 354 g/mol. The first kappa shape index (κ1) is 18.2. The van der Waals surface area contributed by atoms with E-state index in [9.17, 15) is 18.3 Å². The summed E-state index contributed by atoms with van der Waals surface area (Å²) < 4.78 is 26.3. The third-order valence-electron chi connectivity index (χ3n) is 3.52. The molecule has 0 bridgehead atoms. The molecule has 1 rings (SSSR count). The van der Waals surface area contributed by atoms with Crippen molar-refractivity contribution in [3.8, 4) is 0 Å². The van der Waals surface area contributed by atoms with E-state index in [0.717, 1.165) is 4.31 Å². The van der Waals surface area contributed by atoms with E-state index < -0.39 is 21.5 Å². The number of hydrogen-bond donors (Lipinski definition) is 1. The van der Waals surface area contributed by atoms with Gasteiger partial charge in [0.25, 0.3) is 0 Å². The van der Waals surface area contributed by atoms with Crippen molar-refractivity contribution < 1.29 is 18.3 Å². The molecule has 0 fully saturated rings. The Morgan fingerprint density at radius 2 is 1.76 bits per heavy atom. The smallest absolute Gasteiger partial charge is 0.324 e. The molecule has 1 N–H and O–H groups in total. The number of rotatable bonds is 4. The Labute approximate surface area is 134 Å². The molecule has 1 aromatic carbocycles. The third kappa shape index (κ3) is 3.04. The Morgan fingerprint density at radius 1 is 1.29 bits per heavy atom. The maximum Gasteiger partial charge on any atom is 0.324 e. The van der Waals surface area contributed by atoms with E-state index in [0.29, 0.717) is 11.1 Å². The molecular weight excluding hydrogens is 337 g/mol. The summed E-state index contributed by atoms with van der Waals surface area (Å²) >= 11 is 12.1. The monoisotopic (exact) mass is 353 g/mol. The van der Waals surface area contributed by atoms with Gasteiger partial charge in [0.15, 0.2) is 0 Å². The van der Waals surface area contributed by atoms with Crippen LogP contribution in [0, 0.1) is 13.8 Å². The van der Waals surface area contributed by atoms with Crippen molar-refractivity contribution in [2.24, 2.45) is 0 Å². The number of hydrogen-bond acceptors (Lipinski definition) is 3. The molecule has 0 saturated carbocycles. The first-order chi connectivity index (χ1) is 9.35. The van der Waals surface area contributed by atoms with Gasteiger partial charge in [0.05, 0.1) is 5.02 Å². The largest absolute Gasteiger partial charge is 0.480 e. The van der Waals surface area contributed by atoms with E-state index in [1.165, 1.54) is 27.8 Å². The molecule has 0 amide bonds. The molecule has 0 saturated heterocycles. The molecule has 0 aromatic heterocycles. The number of carboxylic acid groups (broad SMARTS) is 1. The van der Waals surface area contributed by atoms with Crippen molar-refractivity contribution >= 4 is 39.2 Å². The Bertz CT molecular complexity index is 672. The number of benzene rings is 1. The number of nitrogens with zero attached hydrogens (tertiary/aromatic N) is 1. The second-order valence-corrected chi connectivity index (χ2v) is 7.97. The normalized spacial score (nSPS) is 12.8. The number of aryl methyl sites for hydroxylation is 1. The molecule has 5 nitrogen and oxygen atoms in total. The van der Waals surface area contributed by atoms with Crippen LogP contribution in [-0.4, -0.2) is 36.4 Å². The van der Waals surface area contributed by atoms with E-state index in [4.69, 9.17) is 23.2 Å². The number of sulfonamides is 1. The first-order valence-corrected chi connectivity index (χ1v) is 8.22. The molecule has 0 radical (unpaired) electrons. The van der Waals surface area contributed by atoms with E-state index in [1.807, 2.05) is 0 Å². The fourth-order valence-electron chi connectivity index (χ4n) is 1.69. The van der Waals surface area contributed by atoms with E-state index in [1.54, 1.807) is 13.0 Å². The summed E-state index contributed by atoms with van der Waals surface area (Å²) in [6.45, 7) is 5.76. The van der Waals surface area contributed by atoms with Crippen LogP contribution in [0.3, 0.4) is 0 Å². The number of carbonyl (C=O) groups is 1. The van der Waals surface area contributed by atoms with Crippen molar-refractivity contribution in [3.05, 3.63) is 27.2 Å². The molecule has 0 heterocycles. The maximum absolute atomic E-state index is 12.7. The predicted molar refractivity (Wildman–Crippen MR) is 82.6 cm³/mol. The van der Waals surface area contributed by atoms with Crippen LogP contribution in [0.5, 0.6) is 0 Å². The lowest BCUT2D eigenvalue weighted by Gasteiger charge is -2.31. The Balaban J connectivity index is 3.64. The van der Waals surface area contributed by atoms with Crippen LogP contribution >= 0.6 is 23.2 Å². The summed E-state index contributed by atoms with van der Waals surface area (Å²) in [5.41, 5.74) is -0.821. The molecule has 1 aromatic rings. The summed E-state index contributed by atoms with van der Waals surface area (Å²) in [4.78, 5) is 11.1. The maximum atomic E-state index is 12.7. The Kier molecular flexibility index (Phi) is 5.00. The van der Waals surface area contributed by atoms with Gasteiger partial charge in [0.1, 0.15) is 10.4 Å². The first-order valence-electron chi connectivity index (χ1n) is 6.02. The van der Waals surface area contributed by atoms with Crippen molar-refractivity contribution in [2.75, 3.05) is 7.05 Å². The van der Waals surface area contributed by atoms with Gasteiger partial charge < -0.3 is 5.11 Å². The molecule has 0 aliphatic carbocycles. The number of carboxylic acids is 1. The fraction of sp³-hybridized carbons (Fsp3) is 0.462. The number of halogens is 2. The van der Waals surface area contributed by atoms with Crippen LogP contribution in [0.15, 0.2) is 11.0 Å². The fourth-order valence-corrected chi connectivity index (χ4v) is 4.33. The zero-order valence-corrected chi connectivity index (χ0v) is 14.7. The van der Waals surface area contributed by atoms with Gasteiger partial charge >= 0.3 is 5.97 Å². The van der Waals surface area contributed by atoms with Gasteiger partial charge in [0, 0.05) is 12.1 Å². The molecule has 0 unspecified atom stereocenters. The molecule has 0 aliphatic rings. The van der Waals surface area contributed by atoms with Crippen LogP contribution in [0.25, 0.3) is 0 Å². The highest BCUT2D eigenvalue weighted by molar-refractivity contribution is 7.89. The van der Waals surface area contributed by atoms with Gasteiger partial charge in [-0.1, -0.05) is 23.2 Å². The number of likely N-dealkylation sites (N-methyl/N-ethyl adjacent to an activating group) is 1. The summed E-state index contributed by atoms with van der Waals surface area (Å²) in [6, 6.07) is 1.57. The minimum Gasteiger partial charge on any atom is -0.480 e. The molecule has 0 aliphatic heterocycles. The number of aliphatic carboxylic acids is 1. The minimum atomic E-state index is -4.11. The van der Waals surface area contributed by atoms with E-state index in [-0.39, 0.29) is 14.9 Å². The van der Waals surface area contributed by atoms with Gasteiger partial charge in [0.2, 0.25) is 10.0 Å². The summed E-state index contributed by atoms with van der Waals surface area (Å²) in [5, 5.41) is 9.51. The van der Waals surface area contributed by atoms with Gasteiger partial charge in [-0.25, -0.2) is 8.42 Å². The molecule has 21 heavy (non-hydrogen) atoms. The van der Waals surface area contributed by atoms with Crippen molar-refractivity contribution in [3.63, 3.8) is 0 Å². The highest BCUT2D eigenvalue weighted by atomic mass is 35.5. The molecule has 8 heteroatoms. The minimum absolute atomic E-state index is 0.0462. The lowest BCUT2D eigenvalue weighted by Crippen LogP contribution is -2.50. The van der Waals surface area contributed by atoms with Gasteiger partial charge in [-0.15, -0.1) is 0 Å². The van der Waals surface area contributed by atoms with Crippen LogP contribution < -0.4 is 0 Å². The lowest BCUT2D eigenvalue weighted by molar-refractivity contribution is -0.145. The molecule has 0 spiro atoms. The van der Waals surface area contributed by atoms with Crippen molar-refractivity contribution in [1.82, 2.24) is 4.31 Å². The quantitative estimate of drug-likeness (QED) is 0.902. The SMILES string of the molecule is Cc1cc(Cl)c(C)c(S(=O)(=O)N(C)C(C)(C)C(=O)O)c1Cl. The van der Waals surface area contributed by atoms with Gasteiger partial charge in [-0.2, -0.15) is 4.31 Å². The molecule has 118 valence electrons. The zero-order valence-electron chi connectivity index (χ0n) is 12.4. The Hall–Kier alpha value is -0.820. The van der Waals surface area contributed by atoms with E-state index in [2.05, 4.69) is 0 Å². The van der Waals surface area contributed by atoms with Crippen LogP contribution in [0.4, 0.5) is 0 Å². The highest BCUT2D eigenvalue weighted by Crippen LogP contribution is 2.36. The summed E-state index contributed by atoms with van der Waals surface area (Å²) in [6.07, 6.45) is 0. The second kappa shape index (κ2) is 5.76. The van der Waals surface area contributed by atoms with Gasteiger partial charge in [-0.3, -0.25) is 4.79 Å².